The molecular weight excluding hydrogens is 484 g/mol. The van der Waals surface area contributed by atoms with Gasteiger partial charge in [0.05, 0.1) is 22.5 Å². The molecule has 5 rings (SSSR count). The zero-order chi connectivity index (χ0) is 25.9. The van der Waals surface area contributed by atoms with Gasteiger partial charge in [-0.15, -0.1) is 0 Å². The molecule has 0 bridgehead atoms. The number of hydrogen-bond donors (Lipinski definition) is 3. The minimum absolute atomic E-state index is 0.0996. The molecule has 2 aromatic heterocycles. The van der Waals surface area contributed by atoms with Crippen molar-refractivity contribution in [3.05, 3.63) is 87.6 Å². The number of nitrogens with one attached hydrogen (secondary N) is 1. The van der Waals surface area contributed by atoms with E-state index < -0.39 is 5.91 Å². The number of nitrogen functional groups attached to an aromatic ring is 1. The second kappa shape index (κ2) is 10.5. The summed E-state index contributed by atoms with van der Waals surface area (Å²) in [6.45, 7) is 5.23. The van der Waals surface area contributed by atoms with Gasteiger partial charge in [0.2, 0.25) is 5.95 Å². The fourth-order valence-corrected chi connectivity index (χ4v) is 4.75. The fraction of sp³-hybridized carbons (Fsp3) is 0.207. The van der Waals surface area contributed by atoms with E-state index in [-0.39, 0.29) is 5.95 Å². The van der Waals surface area contributed by atoms with Crippen LogP contribution < -0.4 is 11.5 Å². The molecule has 186 valence electrons. The Hall–Kier alpha value is -4.12. The van der Waals surface area contributed by atoms with Gasteiger partial charge in [0.15, 0.2) is 0 Å². The van der Waals surface area contributed by atoms with E-state index in [0.29, 0.717) is 33.2 Å². The molecule has 0 unspecified atom stereocenters. The van der Waals surface area contributed by atoms with Gasteiger partial charge < -0.3 is 16.5 Å². The zero-order valence-electron chi connectivity index (χ0n) is 20.5. The lowest BCUT2D eigenvalue weighted by atomic mass is 10.0. The number of nitrogens with zero attached hydrogens (tertiary/aromatic N) is 3. The summed E-state index contributed by atoms with van der Waals surface area (Å²) >= 11 is 6.23. The van der Waals surface area contributed by atoms with Crippen molar-refractivity contribution in [1.29, 1.82) is 0 Å². The molecule has 3 heterocycles. The van der Waals surface area contributed by atoms with Crippen LogP contribution in [0.2, 0.25) is 5.02 Å². The van der Waals surface area contributed by atoms with E-state index in [9.17, 15) is 4.79 Å². The van der Waals surface area contributed by atoms with Crippen molar-refractivity contribution in [1.82, 2.24) is 19.9 Å². The van der Waals surface area contributed by atoms with Crippen LogP contribution in [0.15, 0.2) is 54.7 Å². The Bertz CT molecular complexity index is 1520. The number of carbonyl (C=O) groups is 1. The van der Waals surface area contributed by atoms with Crippen LogP contribution in [-0.4, -0.2) is 38.8 Å². The Morgan fingerprint density at radius 3 is 2.59 bits per heavy atom. The van der Waals surface area contributed by atoms with E-state index in [0.717, 1.165) is 36.3 Å². The smallest absolute Gasteiger partial charge is 0.250 e. The number of hydrogen-bond acceptors (Lipinski definition) is 5. The monoisotopic (exact) mass is 510 g/mol. The highest BCUT2D eigenvalue weighted by molar-refractivity contribution is 6.31. The first-order chi connectivity index (χ1) is 17.9. The second-order valence-corrected chi connectivity index (χ2v) is 9.65. The minimum atomic E-state index is -0.569. The third-order valence-corrected chi connectivity index (χ3v) is 6.75. The van der Waals surface area contributed by atoms with E-state index in [1.807, 2.05) is 25.1 Å². The molecule has 4 aromatic rings. The second-order valence-electron chi connectivity index (χ2n) is 9.22. The lowest BCUT2D eigenvalue weighted by Gasteiger charge is -2.14. The van der Waals surface area contributed by atoms with Crippen molar-refractivity contribution in [3.63, 3.8) is 0 Å². The van der Waals surface area contributed by atoms with Gasteiger partial charge in [0.25, 0.3) is 5.91 Å². The molecule has 1 aliphatic heterocycles. The first-order valence-electron chi connectivity index (χ1n) is 12.1. The number of amides is 1. The summed E-state index contributed by atoms with van der Waals surface area (Å²) in [7, 11) is 0. The molecule has 7 nitrogen and oxygen atoms in total. The normalized spacial score (nSPS) is 13.4. The number of rotatable bonds is 5. The number of halogens is 1. The zero-order valence-corrected chi connectivity index (χ0v) is 21.3. The summed E-state index contributed by atoms with van der Waals surface area (Å²) in [4.78, 5) is 26.6. The fourth-order valence-electron chi connectivity index (χ4n) is 4.58. The highest BCUT2D eigenvalue weighted by Crippen LogP contribution is 2.33. The van der Waals surface area contributed by atoms with E-state index in [4.69, 9.17) is 23.1 Å². The predicted molar refractivity (Wildman–Crippen MR) is 147 cm³/mol. The van der Waals surface area contributed by atoms with Gasteiger partial charge in [-0.05, 0) is 74.3 Å². The molecule has 1 fully saturated rings. The number of likely N-dealkylation sites (tertiary alicyclic amines) is 1. The van der Waals surface area contributed by atoms with Gasteiger partial charge in [0, 0.05) is 28.9 Å². The van der Waals surface area contributed by atoms with Gasteiger partial charge in [-0.3, -0.25) is 9.69 Å². The van der Waals surface area contributed by atoms with Crippen molar-refractivity contribution in [2.24, 2.45) is 5.73 Å². The van der Waals surface area contributed by atoms with Crippen LogP contribution in [-0.2, 0) is 6.54 Å². The van der Waals surface area contributed by atoms with Crippen LogP contribution >= 0.6 is 11.6 Å². The van der Waals surface area contributed by atoms with Crippen LogP contribution in [0.4, 0.5) is 5.95 Å². The molecule has 5 N–H and O–H groups in total. The Morgan fingerprint density at radius 2 is 1.86 bits per heavy atom. The van der Waals surface area contributed by atoms with Crippen molar-refractivity contribution in [3.8, 4) is 34.5 Å². The standard InChI is InChI=1S/C29H27ClN6O/c1-18-4-11-22(30)14-23(18)27-24(28(31)37)15-25(34-27)26-21(16-33-29(32)35-26)10-9-19-5-7-20(8-6-19)17-36-12-2-3-13-36/h4-8,11,14-16,34H,2-3,12-13,17H2,1H3,(H2,31,37)(H2,32,33,35). The first kappa shape index (κ1) is 24.6. The molecule has 0 saturated carbocycles. The van der Waals surface area contributed by atoms with Gasteiger partial charge in [-0.1, -0.05) is 41.6 Å². The molecule has 0 atom stereocenters. The van der Waals surface area contributed by atoms with Gasteiger partial charge >= 0.3 is 0 Å². The first-order valence-corrected chi connectivity index (χ1v) is 12.5. The van der Waals surface area contributed by atoms with Crippen LogP contribution in [0.1, 0.15) is 45.5 Å². The van der Waals surface area contributed by atoms with E-state index in [1.54, 1.807) is 24.4 Å². The van der Waals surface area contributed by atoms with Crippen LogP contribution in [0.25, 0.3) is 22.6 Å². The highest BCUT2D eigenvalue weighted by Gasteiger charge is 2.20. The Labute approximate surface area is 220 Å². The van der Waals surface area contributed by atoms with Crippen molar-refractivity contribution in [2.75, 3.05) is 18.8 Å². The minimum Gasteiger partial charge on any atom is -0.368 e. The van der Waals surface area contributed by atoms with Crippen LogP contribution in [0, 0.1) is 18.8 Å². The maximum absolute atomic E-state index is 12.3. The molecule has 37 heavy (non-hydrogen) atoms. The average Bonchev–Trinajstić information content (AvgIpc) is 3.56. The summed E-state index contributed by atoms with van der Waals surface area (Å²) in [6, 6.07) is 15.4. The lowest BCUT2D eigenvalue weighted by molar-refractivity contribution is 0.100. The third kappa shape index (κ3) is 5.51. The maximum atomic E-state index is 12.3. The van der Waals surface area contributed by atoms with Crippen molar-refractivity contribution in [2.45, 2.75) is 26.3 Å². The van der Waals surface area contributed by atoms with Crippen molar-refractivity contribution >= 4 is 23.5 Å². The van der Waals surface area contributed by atoms with Gasteiger partial charge in [0.1, 0.15) is 5.69 Å². The maximum Gasteiger partial charge on any atom is 0.250 e. The number of primary amides is 1. The van der Waals surface area contributed by atoms with Gasteiger partial charge in [-0.25, -0.2) is 9.97 Å². The lowest BCUT2D eigenvalue weighted by Crippen LogP contribution is -2.18. The summed E-state index contributed by atoms with van der Waals surface area (Å²) in [6.07, 6.45) is 4.14. The number of nitrogens with two attached hydrogens (primary N) is 2. The SMILES string of the molecule is Cc1ccc(Cl)cc1-c1[nH]c(-c2nc(N)ncc2C#Cc2ccc(CN3CCCC3)cc2)cc1C(N)=O. The number of H-pyrrole nitrogens is 1. The predicted octanol–water partition coefficient (Wildman–Crippen LogP) is 4.78. The molecule has 0 spiro atoms. The van der Waals surface area contributed by atoms with Crippen molar-refractivity contribution < 1.29 is 4.79 Å². The van der Waals surface area contributed by atoms with Crippen LogP contribution in [0.3, 0.4) is 0 Å². The third-order valence-electron chi connectivity index (χ3n) is 6.51. The average molecular weight is 511 g/mol. The molecule has 0 aliphatic carbocycles. The molecule has 8 heteroatoms. The Morgan fingerprint density at radius 1 is 1.11 bits per heavy atom. The van der Waals surface area contributed by atoms with E-state index >= 15 is 0 Å². The Balaban J connectivity index is 1.49. The van der Waals surface area contributed by atoms with Crippen LogP contribution in [0.5, 0.6) is 0 Å². The Kier molecular flexibility index (Phi) is 6.95. The summed E-state index contributed by atoms with van der Waals surface area (Å²) in [5.74, 6) is 5.89. The number of benzene rings is 2. The summed E-state index contributed by atoms with van der Waals surface area (Å²) in [5, 5.41) is 0.552. The largest absolute Gasteiger partial charge is 0.368 e. The molecular formula is C29H27ClN6O. The van der Waals surface area contributed by atoms with E-state index in [1.165, 1.54) is 18.4 Å². The number of anilines is 1. The molecule has 2 aromatic carbocycles. The number of carbonyl (C=O) groups excluding carboxylic acids is 1. The number of aryl methyl sites for hydroxylation is 1. The van der Waals surface area contributed by atoms with Gasteiger partial charge in [-0.2, -0.15) is 0 Å². The topological polar surface area (TPSA) is 114 Å². The number of aromatic amines is 1. The quantitative estimate of drug-likeness (QED) is 0.334. The summed E-state index contributed by atoms with van der Waals surface area (Å²) in [5.41, 5.74) is 18.0. The summed E-state index contributed by atoms with van der Waals surface area (Å²) < 4.78 is 0. The number of aromatic nitrogens is 3. The molecule has 1 saturated heterocycles. The molecule has 0 radical (unpaired) electrons. The van der Waals surface area contributed by atoms with E-state index in [2.05, 4.69) is 43.8 Å². The molecule has 1 amide bonds. The highest BCUT2D eigenvalue weighted by atomic mass is 35.5. The molecule has 1 aliphatic rings.